The average molecular weight is 153 g/mol. The van der Waals surface area contributed by atoms with Gasteiger partial charge in [0.25, 0.3) is 0 Å². The quantitative estimate of drug-likeness (QED) is 0.643. The van der Waals surface area contributed by atoms with Gasteiger partial charge in [-0.2, -0.15) is 0 Å². The first-order chi connectivity index (χ1) is 5.24. The van der Waals surface area contributed by atoms with Crippen molar-refractivity contribution in [2.75, 3.05) is 13.6 Å². The maximum absolute atomic E-state index is 9.13. The van der Waals surface area contributed by atoms with Gasteiger partial charge in [-0.25, -0.2) is 0 Å². The van der Waals surface area contributed by atoms with Crippen LogP contribution >= 0.6 is 0 Å². The Hall–Kier alpha value is -0.760. The smallest absolute Gasteiger partial charge is 0.0759 e. The topological polar surface area (TPSA) is 23.5 Å². The van der Waals surface area contributed by atoms with Crippen molar-refractivity contribution in [1.82, 2.24) is 4.90 Å². The molecule has 0 saturated carbocycles. The summed E-state index contributed by atoms with van der Waals surface area (Å²) < 4.78 is 0. The number of hydrogen-bond donors (Lipinski definition) is 1. The van der Waals surface area contributed by atoms with Crippen LogP contribution in [-0.2, 0) is 0 Å². The monoisotopic (exact) mass is 153 g/mol. The summed E-state index contributed by atoms with van der Waals surface area (Å²) in [6.45, 7) is 3.12. The van der Waals surface area contributed by atoms with Crippen LogP contribution < -0.4 is 0 Å². The van der Waals surface area contributed by atoms with Crippen LogP contribution in [-0.4, -0.2) is 29.7 Å². The minimum absolute atomic E-state index is 0.274. The molecule has 2 heteroatoms. The van der Waals surface area contributed by atoms with Gasteiger partial charge in [0, 0.05) is 19.3 Å². The highest BCUT2D eigenvalue weighted by molar-refractivity contribution is 5.22. The molecule has 0 amide bonds. The summed E-state index contributed by atoms with van der Waals surface area (Å²) in [7, 11) is 2.05. The third kappa shape index (κ3) is 2.09. The summed E-state index contributed by atoms with van der Waals surface area (Å²) in [6, 6.07) is 0. The molecule has 1 unspecified atom stereocenters. The van der Waals surface area contributed by atoms with Crippen molar-refractivity contribution >= 4 is 0 Å². The molecule has 1 rings (SSSR count). The Balaban J connectivity index is 2.55. The average Bonchev–Trinajstić information content (AvgIpc) is 2.05. The fourth-order valence-electron chi connectivity index (χ4n) is 1.06. The van der Waals surface area contributed by atoms with Crippen LogP contribution in [0.2, 0.25) is 0 Å². The summed E-state index contributed by atoms with van der Waals surface area (Å²) in [4.78, 5) is 2.16. The van der Waals surface area contributed by atoms with E-state index < -0.39 is 0 Å². The van der Waals surface area contributed by atoms with Gasteiger partial charge < -0.3 is 10.0 Å². The van der Waals surface area contributed by atoms with E-state index in [1.54, 1.807) is 0 Å². The lowest BCUT2D eigenvalue weighted by molar-refractivity contribution is 0.223. The molecule has 0 aromatic heterocycles. The summed E-state index contributed by atoms with van der Waals surface area (Å²) in [5, 5.41) is 9.13. The Kier molecular flexibility index (Phi) is 2.71. The van der Waals surface area contributed by atoms with Crippen molar-refractivity contribution in [3.8, 4) is 0 Å². The molecule has 1 aliphatic carbocycles. The molecule has 1 atom stereocenters. The predicted molar refractivity (Wildman–Crippen MR) is 46.2 cm³/mol. The molecular weight excluding hydrogens is 138 g/mol. The lowest BCUT2D eigenvalue weighted by Crippen LogP contribution is -2.18. The van der Waals surface area contributed by atoms with Gasteiger partial charge in [0.15, 0.2) is 0 Å². The molecule has 0 radical (unpaired) electrons. The number of aliphatic hydroxyl groups excluding tert-OH is 1. The minimum atomic E-state index is -0.274. The van der Waals surface area contributed by atoms with Gasteiger partial charge in [0.2, 0.25) is 0 Å². The van der Waals surface area contributed by atoms with Crippen molar-refractivity contribution in [3.05, 3.63) is 23.9 Å². The molecule has 0 aromatic carbocycles. The fourth-order valence-corrected chi connectivity index (χ4v) is 1.06. The summed E-state index contributed by atoms with van der Waals surface area (Å²) in [5.41, 5.74) is 1.21. The van der Waals surface area contributed by atoms with Gasteiger partial charge in [-0.3, -0.25) is 0 Å². The van der Waals surface area contributed by atoms with E-state index in [2.05, 4.69) is 17.9 Å². The van der Waals surface area contributed by atoms with Crippen LogP contribution in [0.5, 0.6) is 0 Å². The second kappa shape index (κ2) is 3.58. The molecule has 11 heavy (non-hydrogen) atoms. The normalized spacial score (nSPS) is 23.2. The lowest BCUT2D eigenvalue weighted by atomic mass is 10.1. The Morgan fingerprint density at radius 2 is 2.45 bits per heavy atom. The van der Waals surface area contributed by atoms with Gasteiger partial charge in [0.05, 0.1) is 6.10 Å². The Labute approximate surface area is 67.8 Å². The molecule has 1 N–H and O–H groups in total. The second-order valence-corrected chi connectivity index (χ2v) is 2.81. The van der Waals surface area contributed by atoms with Crippen molar-refractivity contribution in [3.63, 3.8) is 0 Å². The largest absolute Gasteiger partial charge is 0.389 e. The number of allylic oxidation sites excluding steroid dienone is 1. The zero-order valence-corrected chi connectivity index (χ0v) is 7.12. The van der Waals surface area contributed by atoms with Crippen molar-refractivity contribution in [2.45, 2.75) is 19.4 Å². The third-order valence-electron chi connectivity index (χ3n) is 1.97. The van der Waals surface area contributed by atoms with Gasteiger partial charge in [0.1, 0.15) is 0 Å². The van der Waals surface area contributed by atoms with Crippen LogP contribution in [0.4, 0.5) is 0 Å². The highest BCUT2D eigenvalue weighted by atomic mass is 16.3. The number of rotatable bonds is 2. The molecule has 0 bridgehead atoms. The number of hydrogen-bond acceptors (Lipinski definition) is 2. The van der Waals surface area contributed by atoms with E-state index in [4.69, 9.17) is 5.11 Å². The maximum atomic E-state index is 9.13. The highest BCUT2D eigenvalue weighted by Crippen LogP contribution is 2.12. The molecule has 0 aliphatic heterocycles. The molecule has 0 saturated heterocycles. The molecule has 62 valence electrons. The van der Waals surface area contributed by atoms with E-state index in [-0.39, 0.29) is 6.10 Å². The first kappa shape index (κ1) is 8.34. The van der Waals surface area contributed by atoms with Gasteiger partial charge in [-0.05, 0) is 19.4 Å². The van der Waals surface area contributed by atoms with Crippen LogP contribution in [0.1, 0.15) is 13.3 Å². The zero-order chi connectivity index (χ0) is 8.27. The highest BCUT2D eigenvalue weighted by Gasteiger charge is 2.06. The zero-order valence-electron chi connectivity index (χ0n) is 7.12. The van der Waals surface area contributed by atoms with E-state index in [1.165, 1.54) is 5.70 Å². The first-order valence-corrected chi connectivity index (χ1v) is 4.01. The minimum Gasteiger partial charge on any atom is -0.389 e. The van der Waals surface area contributed by atoms with Gasteiger partial charge in [-0.15, -0.1) is 0 Å². The van der Waals surface area contributed by atoms with Crippen LogP contribution in [0.25, 0.3) is 0 Å². The predicted octanol–water partition coefficient (Wildman–Crippen LogP) is 1.14. The standard InChI is InChI=1S/C9H15NO/c1-3-10(2)8-4-6-9(11)7-5-8/h4-6,9,11H,3,7H2,1-2H3. The van der Waals surface area contributed by atoms with Crippen LogP contribution in [0, 0.1) is 0 Å². The maximum Gasteiger partial charge on any atom is 0.0759 e. The number of nitrogens with zero attached hydrogens (tertiary/aromatic N) is 1. The van der Waals surface area contributed by atoms with E-state index in [1.807, 2.05) is 19.2 Å². The molecular formula is C9H15NO. The van der Waals surface area contributed by atoms with Gasteiger partial charge in [-0.1, -0.05) is 12.2 Å². The SMILES string of the molecule is CCN(C)C1=CCC(O)C=C1. The fraction of sp³-hybridized carbons (Fsp3) is 0.556. The molecule has 0 heterocycles. The number of likely N-dealkylation sites (N-methyl/N-ethyl adjacent to an activating group) is 1. The second-order valence-electron chi connectivity index (χ2n) is 2.81. The molecule has 0 aromatic rings. The van der Waals surface area contributed by atoms with E-state index >= 15 is 0 Å². The summed E-state index contributed by atoms with van der Waals surface area (Å²) in [5.74, 6) is 0. The van der Waals surface area contributed by atoms with Crippen molar-refractivity contribution in [2.24, 2.45) is 0 Å². The van der Waals surface area contributed by atoms with Crippen molar-refractivity contribution in [1.29, 1.82) is 0 Å². The Morgan fingerprint density at radius 3 is 2.91 bits per heavy atom. The molecule has 2 nitrogen and oxygen atoms in total. The van der Waals surface area contributed by atoms with Crippen molar-refractivity contribution < 1.29 is 5.11 Å². The van der Waals surface area contributed by atoms with Gasteiger partial charge >= 0.3 is 0 Å². The Bertz CT molecular complexity index is 184. The van der Waals surface area contributed by atoms with E-state index in [9.17, 15) is 0 Å². The number of aliphatic hydroxyl groups is 1. The molecule has 0 spiro atoms. The lowest BCUT2D eigenvalue weighted by Gasteiger charge is -2.21. The van der Waals surface area contributed by atoms with Crippen LogP contribution in [0.15, 0.2) is 23.9 Å². The first-order valence-electron chi connectivity index (χ1n) is 4.01. The molecule has 1 aliphatic rings. The third-order valence-corrected chi connectivity index (χ3v) is 1.97. The molecule has 0 fully saturated rings. The van der Waals surface area contributed by atoms with E-state index in [0.717, 1.165) is 13.0 Å². The van der Waals surface area contributed by atoms with E-state index in [0.29, 0.717) is 0 Å². The van der Waals surface area contributed by atoms with Crippen LogP contribution in [0.3, 0.4) is 0 Å². The Morgan fingerprint density at radius 1 is 1.73 bits per heavy atom. The summed E-state index contributed by atoms with van der Waals surface area (Å²) >= 11 is 0. The summed E-state index contributed by atoms with van der Waals surface area (Å²) in [6.07, 6.45) is 6.34.